The van der Waals surface area contributed by atoms with E-state index in [0.29, 0.717) is 18.5 Å². The van der Waals surface area contributed by atoms with E-state index in [1.165, 1.54) is 12.0 Å². The van der Waals surface area contributed by atoms with Gasteiger partial charge in [-0.2, -0.15) is 0 Å². The maximum Gasteiger partial charge on any atom is 0.236 e. The van der Waals surface area contributed by atoms with Gasteiger partial charge in [-0.05, 0) is 50.1 Å². The van der Waals surface area contributed by atoms with Crippen molar-refractivity contribution in [3.8, 4) is 0 Å². The van der Waals surface area contributed by atoms with Crippen LogP contribution in [0.3, 0.4) is 0 Å². The molecule has 0 saturated carbocycles. The first kappa shape index (κ1) is 18.4. The summed E-state index contributed by atoms with van der Waals surface area (Å²) in [4.78, 5) is 17.2. The molecule has 0 bridgehead atoms. The standard InChI is InChI=1S/C21H32N2O2/c1-2-19-10-6-7-12-23(19)21(25)15-22-13-11-20(18(14-22)16-24)17-8-4-3-5-9-17/h3-5,8-9,18-20,24H,2,6-7,10-16H2,1H3/t18-,19?,20+/m0/s1. The number of likely N-dealkylation sites (tertiary alicyclic amines) is 2. The molecule has 1 amide bonds. The molecule has 3 atom stereocenters. The summed E-state index contributed by atoms with van der Waals surface area (Å²) >= 11 is 0. The van der Waals surface area contributed by atoms with Gasteiger partial charge in [0.25, 0.3) is 0 Å². The number of carbonyl (C=O) groups is 1. The molecule has 2 aliphatic heterocycles. The van der Waals surface area contributed by atoms with Crippen LogP contribution in [0.5, 0.6) is 0 Å². The molecule has 0 radical (unpaired) electrons. The predicted octanol–water partition coefficient (Wildman–Crippen LogP) is 2.88. The molecule has 138 valence electrons. The number of nitrogens with zero attached hydrogens (tertiary/aromatic N) is 2. The van der Waals surface area contributed by atoms with Gasteiger partial charge in [-0.25, -0.2) is 0 Å². The SMILES string of the molecule is CCC1CCCCN1C(=O)CN1CC[C@H](c2ccccc2)[C@H](CO)C1. The fraction of sp³-hybridized carbons (Fsp3) is 0.667. The second kappa shape index (κ2) is 8.81. The van der Waals surface area contributed by atoms with E-state index in [9.17, 15) is 9.90 Å². The van der Waals surface area contributed by atoms with Gasteiger partial charge in [-0.1, -0.05) is 37.3 Å². The highest BCUT2D eigenvalue weighted by atomic mass is 16.3. The Morgan fingerprint density at radius 1 is 1.16 bits per heavy atom. The molecule has 25 heavy (non-hydrogen) atoms. The van der Waals surface area contributed by atoms with E-state index in [2.05, 4.69) is 41.0 Å². The van der Waals surface area contributed by atoms with Crippen molar-refractivity contribution in [2.75, 3.05) is 32.8 Å². The van der Waals surface area contributed by atoms with Crippen LogP contribution in [0.2, 0.25) is 0 Å². The summed E-state index contributed by atoms with van der Waals surface area (Å²) in [5.41, 5.74) is 1.31. The van der Waals surface area contributed by atoms with Crippen LogP contribution in [-0.2, 0) is 4.79 Å². The maximum absolute atomic E-state index is 12.8. The molecule has 1 N–H and O–H groups in total. The zero-order valence-corrected chi connectivity index (χ0v) is 15.4. The van der Waals surface area contributed by atoms with E-state index in [4.69, 9.17) is 0 Å². The van der Waals surface area contributed by atoms with Crippen molar-refractivity contribution in [1.82, 2.24) is 9.80 Å². The Morgan fingerprint density at radius 2 is 1.96 bits per heavy atom. The van der Waals surface area contributed by atoms with E-state index < -0.39 is 0 Å². The highest BCUT2D eigenvalue weighted by Crippen LogP contribution is 2.32. The zero-order valence-electron chi connectivity index (χ0n) is 15.4. The van der Waals surface area contributed by atoms with Crippen LogP contribution >= 0.6 is 0 Å². The number of benzene rings is 1. The Labute approximate surface area is 151 Å². The number of hydrogen-bond donors (Lipinski definition) is 1. The predicted molar refractivity (Wildman–Crippen MR) is 100 cm³/mol. The molecule has 4 heteroatoms. The summed E-state index contributed by atoms with van der Waals surface area (Å²) in [5.74, 6) is 0.893. The molecule has 3 rings (SSSR count). The molecule has 1 aromatic carbocycles. The smallest absolute Gasteiger partial charge is 0.236 e. The van der Waals surface area contributed by atoms with Crippen molar-refractivity contribution in [2.45, 2.75) is 51.0 Å². The topological polar surface area (TPSA) is 43.8 Å². The van der Waals surface area contributed by atoms with E-state index in [1.807, 2.05) is 6.07 Å². The van der Waals surface area contributed by atoms with Gasteiger partial charge in [0, 0.05) is 31.7 Å². The molecule has 2 saturated heterocycles. The first-order chi connectivity index (χ1) is 12.2. The number of piperidine rings is 2. The maximum atomic E-state index is 12.8. The normalized spacial score (nSPS) is 28.1. The van der Waals surface area contributed by atoms with Crippen LogP contribution in [0.15, 0.2) is 30.3 Å². The van der Waals surface area contributed by atoms with E-state index in [-0.39, 0.29) is 18.4 Å². The Bertz CT molecular complexity index is 548. The number of rotatable bonds is 5. The fourth-order valence-corrected chi connectivity index (χ4v) is 4.61. The summed E-state index contributed by atoms with van der Waals surface area (Å²) in [7, 11) is 0. The number of aliphatic hydroxyl groups excluding tert-OH is 1. The lowest BCUT2D eigenvalue weighted by molar-refractivity contribution is -0.136. The summed E-state index contributed by atoms with van der Waals surface area (Å²) < 4.78 is 0. The van der Waals surface area contributed by atoms with Gasteiger partial charge >= 0.3 is 0 Å². The molecule has 2 fully saturated rings. The van der Waals surface area contributed by atoms with Crippen LogP contribution in [-0.4, -0.2) is 59.6 Å². The highest BCUT2D eigenvalue weighted by molar-refractivity contribution is 5.78. The lowest BCUT2D eigenvalue weighted by atomic mass is 9.81. The van der Waals surface area contributed by atoms with Crippen LogP contribution < -0.4 is 0 Å². The molecule has 1 unspecified atom stereocenters. The highest BCUT2D eigenvalue weighted by Gasteiger charge is 2.32. The Kier molecular flexibility index (Phi) is 6.49. The van der Waals surface area contributed by atoms with Crippen LogP contribution in [0.4, 0.5) is 0 Å². The number of aliphatic hydroxyl groups is 1. The monoisotopic (exact) mass is 344 g/mol. The Balaban J connectivity index is 1.59. The second-order valence-corrected chi connectivity index (χ2v) is 7.63. The minimum atomic E-state index is 0.186. The molecule has 0 spiro atoms. The summed E-state index contributed by atoms with van der Waals surface area (Å²) in [6, 6.07) is 10.9. The largest absolute Gasteiger partial charge is 0.396 e. The number of carbonyl (C=O) groups excluding carboxylic acids is 1. The van der Waals surface area contributed by atoms with Crippen molar-refractivity contribution in [3.63, 3.8) is 0 Å². The van der Waals surface area contributed by atoms with E-state index in [0.717, 1.165) is 45.3 Å². The van der Waals surface area contributed by atoms with Crippen molar-refractivity contribution in [1.29, 1.82) is 0 Å². The van der Waals surface area contributed by atoms with Gasteiger partial charge in [0.15, 0.2) is 0 Å². The first-order valence-electron chi connectivity index (χ1n) is 9.90. The molecule has 2 aliphatic rings. The molecule has 4 nitrogen and oxygen atoms in total. The van der Waals surface area contributed by atoms with Gasteiger partial charge < -0.3 is 10.0 Å². The lowest BCUT2D eigenvalue weighted by Gasteiger charge is -2.40. The minimum Gasteiger partial charge on any atom is -0.396 e. The third-order valence-corrected chi connectivity index (χ3v) is 6.06. The summed E-state index contributed by atoms with van der Waals surface area (Å²) in [6.07, 6.45) is 5.60. The number of amides is 1. The van der Waals surface area contributed by atoms with Gasteiger partial charge in [-0.15, -0.1) is 0 Å². The average molecular weight is 344 g/mol. The van der Waals surface area contributed by atoms with Crippen molar-refractivity contribution >= 4 is 5.91 Å². The van der Waals surface area contributed by atoms with Crippen molar-refractivity contribution < 1.29 is 9.90 Å². The Hall–Kier alpha value is -1.39. The fourth-order valence-electron chi connectivity index (χ4n) is 4.61. The lowest BCUT2D eigenvalue weighted by Crippen LogP contribution is -2.50. The molecule has 2 heterocycles. The van der Waals surface area contributed by atoms with Crippen LogP contribution in [0.1, 0.15) is 50.5 Å². The van der Waals surface area contributed by atoms with E-state index >= 15 is 0 Å². The molecular formula is C21H32N2O2. The van der Waals surface area contributed by atoms with Gasteiger partial charge in [0.2, 0.25) is 5.91 Å². The van der Waals surface area contributed by atoms with Gasteiger partial charge in [0.05, 0.1) is 6.54 Å². The van der Waals surface area contributed by atoms with Gasteiger partial charge in [-0.3, -0.25) is 9.69 Å². The van der Waals surface area contributed by atoms with Crippen LogP contribution in [0.25, 0.3) is 0 Å². The minimum absolute atomic E-state index is 0.186. The van der Waals surface area contributed by atoms with Crippen molar-refractivity contribution in [3.05, 3.63) is 35.9 Å². The van der Waals surface area contributed by atoms with Gasteiger partial charge in [0.1, 0.15) is 0 Å². The summed E-state index contributed by atoms with van der Waals surface area (Å²) in [5, 5.41) is 9.88. The zero-order chi connectivity index (χ0) is 17.6. The van der Waals surface area contributed by atoms with Crippen LogP contribution in [0, 0.1) is 5.92 Å². The quantitative estimate of drug-likeness (QED) is 0.893. The Morgan fingerprint density at radius 3 is 2.68 bits per heavy atom. The van der Waals surface area contributed by atoms with Crippen molar-refractivity contribution in [2.24, 2.45) is 5.92 Å². The van der Waals surface area contributed by atoms with E-state index in [1.54, 1.807) is 0 Å². The molecule has 0 aliphatic carbocycles. The molecule has 0 aromatic heterocycles. The molecular weight excluding hydrogens is 312 g/mol. The molecule has 1 aromatic rings. The summed E-state index contributed by atoms with van der Waals surface area (Å²) in [6.45, 7) is 5.55. The average Bonchev–Trinajstić information content (AvgIpc) is 2.68. The number of hydrogen-bond acceptors (Lipinski definition) is 3. The second-order valence-electron chi connectivity index (χ2n) is 7.63. The third kappa shape index (κ3) is 4.42. The third-order valence-electron chi connectivity index (χ3n) is 6.06. The first-order valence-corrected chi connectivity index (χ1v) is 9.90.